The van der Waals surface area contributed by atoms with Crippen molar-refractivity contribution in [3.8, 4) is 5.75 Å². The Bertz CT molecular complexity index is 743. The minimum absolute atomic E-state index is 0.804. The molecule has 0 saturated heterocycles. The standard InChI is InChI=1S/C15H16N4OS/c1-16-14-11(9-21-15-17-5-6-18-15)7-10-3-4-12(20-2)8-13(10)19-14/h3-8H,9H2,1-2H3,(H,16,19)(H,17,18). The van der Waals surface area contributed by atoms with Gasteiger partial charge in [-0.3, -0.25) is 0 Å². The van der Waals surface area contributed by atoms with Gasteiger partial charge in [-0.1, -0.05) is 11.8 Å². The molecule has 3 aromatic rings. The molecule has 3 rings (SSSR count). The number of methoxy groups -OCH3 is 1. The molecule has 6 heteroatoms. The van der Waals surface area contributed by atoms with Gasteiger partial charge in [0.25, 0.3) is 0 Å². The Labute approximate surface area is 127 Å². The number of imidazole rings is 1. The van der Waals surface area contributed by atoms with Crippen LogP contribution in [0.4, 0.5) is 5.82 Å². The molecule has 1 aromatic carbocycles. The number of hydrogen-bond donors (Lipinski definition) is 2. The van der Waals surface area contributed by atoms with Crippen molar-refractivity contribution in [3.63, 3.8) is 0 Å². The number of aromatic amines is 1. The molecule has 0 radical (unpaired) electrons. The molecule has 0 fully saturated rings. The highest BCUT2D eigenvalue weighted by Crippen LogP contribution is 2.28. The van der Waals surface area contributed by atoms with Crippen molar-refractivity contribution in [2.24, 2.45) is 0 Å². The number of nitrogens with zero attached hydrogens (tertiary/aromatic N) is 2. The van der Waals surface area contributed by atoms with Crippen LogP contribution in [0.25, 0.3) is 10.9 Å². The van der Waals surface area contributed by atoms with Crippen LogP contribution in [0.1, 0.15) is 5.56 Å². The molecule has 0 aliphatic carbocycles. The van der Waals surface area contributed by atoms with Crippen LogP contribution in [0.2, 0.25) is 0 Å². The summed E-state index contributed by atoms with van der Waals surface area (Å²) in [7, 11) is 3.55. The van der Waals surface area contributed by atoms with Gasteiger partial charge in [0.2, 0.25) is 0 Å². The first kappa shape index (κ1) is 13.8. The third kappa shape index (κ3) is 2.95. The Morgan fingerprint density at radius 1 is 1.33 bits per heavy atom. The molecule has 0 bridgehead atoms. The number of anilines is 1. The molecule has 0 aliphatic rings. The molecule has 0 amide bonds. The van der Waals surface area contributed by atoms with Crippen molar-refractivity contribution >= 4 is 28.5 Å². The molecule has 2 heterocycles. The van der Waals surface area contributed by atoms with E-state index < -0.39 is 0 Å². The maximum atomic E-state index is 5.25. The monoisotopic (exact) mass is 300 g/mol. The predicted molar refractivity (Wildman–Crippen MR) is 86.0 cm³/mol. The summed E-state index contributed by atoms with van der Waals surface area (Å²) >= 11 is 1.65. The highest BCUT2D eigenvalue weighted by Gasteiger charge is 2.08. The first-order chi connectivity index (χ1) is 10.3. The normalized spacial score (nSPS) is 10.8. The van der Waals surface area contributed by atoms with Crippen LogP contribution < -0.4 is 10.1 Å². The van der Waals surface area contributed by atoms with E-state index in [0.717, 1.165) is 38.9 Å². The third-order valence-corrected chi connectivity index (χ3v) is 4.13. The summed E-state index contributed by atoms with van der Waals surface area (Å²) in [6.45, 7) is 0. The van der Waals surface area contributed by atoms with Gasteiger partial charge in [-0.05, 0) is 18.2 Å². The lowest BCUT2D eigenvalue weighted by Gasteiger charge is -2.10. The fourth-order valence-electron chi connectivity index (χ4n) is 2.12. The Hall–Kier alpha value is -2.21. The van der Waals surface area contributed by atoms with Crippen LogP contribution in [-0.2, 0) is 5.75 Å². The number of fused-ring (bicyclic) bond motifs is 1. The minimum Gasteiger partial charge on any atom is -0.497 e. The molecule has 2 aromatic heterocycles. The largest absolute Gasteiger partial charge is 0.497 e. The van der Waals surface area contributed by atoms with Gasteiger partial charge in [-0.15, -0.1) is 0 Å². The van der Waals surface area contributed by atoms with Crippen LogP contribution >= 0.6 is 11.8 Å². The minimum atomic E-state index is 0.804. The Balaban J connectivity index is 1.93. The summed E-state index contributed by atoms with van der Waals surface area (Å²) in [5.74, 6) is 2.50. The molecule has 0 unspecified atom stereocenters. The smallest absolute Gasteiger partial charge is 0.165 e. The van der Waals surface area contributed by atoms with Crippen molar-refractivity contribution in [2.75, 3.05) is 19.5 Å². The number of H-pyrrole nitrogens is 1. The first-order valence-corrected chi connectivity index (χ1v) is 7.56. The molecule has 0 aliphatic heterocycles. The van der Waals surface area contributed by atoms with E-state index in [1.165, 1.54) is 0 Å². The van der Waals surface area contributed by atoms with Crippen LogP contribution in [-0.4, -0.2) is 29.1 Å². The van der Waals surface area contributed by atoms with Gasteiger partial charge >= 0.3 is 0 Å². The van der Waals surface area contributed by atoms with Crippen molar-refractivity contribution in [1.82, 2.24) is 15.0 Å². The topological polar surface area (TPSA) is 62.8 Å². The summed E-state index contributed by atoms with van der Waals surface area (Å²) in [6, 6.07) is 8.08. The van der Waals surface area contributed by atoms with Crippen molar-refractivity contribution in [2.45, 2.75) is 10.9 Å². The molecule has 5 nitrogen and oxygen atoms in total. The molecule has 0 spiro atoms. The number of benzene rings is 1. The fourth-order valence-corrected chi connectivity index (χ4v) is 2.92. The van der Waals surface area contributed by atoms with Gasteiger partial charge in [-0.25, -0.2) is 9.97 Å². The highest BCUT2D eigenvalue weighted by atomic mass is 32.2. The lowest BCUT2D eigenvalue weighted by atomic mass is 10.1. The molecule has 0 saturated carbocycles. The number of pyridine rings is 1. The zero-order chi connectivity index (χ0) is 14.7. The maximum absolute atomic E-state index is 5.25. The summed E-state index contributed by atoms with van der Waals surface area (Å²) in [6.07, 6.45) is 3.58. The molecule has 0 atom stereocenters. The zero-order valence-electron chi connectivity index (χ0n) is 11.9. The van der Waals surface area contributed by atoms with E-state index in [-0.39, 0.29) is 0 Å². The second-order valence-corrected chi connectivity index (χ2v) is 5.45. The maximum Gasteiger partial charge on any atom is 0.165 e. The van der Waals surface area contributed by atoms with E-state index in [2.05, 4.69) is 26.3 Å². The lowest BCUT2D eigenvalue weighted by Crippen LogP contribution is -1.99. The lowest BCUT2D eigenvalue weighted by molar-refractivity contribution is 0.415. The van der Waals surface area contributed by atoms with Gasteiger partial charge in [0.15, 0.2) is 5.16 Å². The van der Waals surface area contributed by atoms with Crippen LogP contribution in [0, 0.1) is 0 Å². The average molecular weight is 300 g/mol. The molecule has 108 valence electrons. The Kier molecular flexibility index (Phi) is 3.96. The van der Waals surface area contributed by atoms with E-state index >= 15 is 0 Å². The SMILES string of the molecule is CNc1nc2cc(OC)ccc2cc1CSc1ncc[nH]1. The summed E-state index contributed by atoms with van der Waals surface area (Å²) < 4.78 is 5.25. The average Bonchev–Trinajstić information content (AvgIpc) is 3.04. The Morgan fingerprint density at radius 2 is 2.24 bits per heavy atom. The van der Waals surface area contributed by atoms with Gasteiger partial charge in [-0.2, -0.15) is 0 Å². The molecule has 2 N–H and O–H groups in total. The van der Waals surface area contributed by atoms with Crippen LogP contribution in [0.5, 0.6) is 5.75 Å². The van der Waals surface area contributed by atoms with E-state index in [0.29, 0.717) is 0 Å². The second-order valence-electron chi connectivity index (χ2n) is 4.49. The van der Waals surface area contributed by atoms with Gasteiger partial charge in [0.05, 0.1) is 12.6 Å². The summed E-state index contributed by atoms with van der Waals surface area (Å²) in [5, 5.41) is 5.17. The van der Waals surface area contributed by atoms with Crippen LogP contribution in [0.15, 0.2) is 41.8 Å². The van der Waals surface area contributed by atoms with Crippen LogP contribution in [0.3, 0.4) is 0 Å². The van der Waals surface area contributed by atoms with Gasteiger partial charge in [0, 0.05) is 42.2 Å². The first-order valence-electron chi connectivity index (χ1n) is 6.58. The predicted octanol–water partition coefficient (Wildman–Crippen LogP) is 3.30. The number of nitrogens with one attached hydrogen (secondary N) is 2. The Morgan fingerprint density at radius 3 is 2.95 bits per heavy atom. The molecular formula is C15H16N4OS. The summed E-state index contributed by atoms with van der Waals surface area (Å²) in [4.78, 5) is 12.0. The number of hydrogen-bond acceptors (Lipinski definition) is 5. The fraction of sp³-hybridized carbons (Fsp3) is 0.200. The molecular weight excluding hydrogens is 284 g/mol. The quantitative estimate of drug-likeness (QED) is 0.708. The van der Waals surface area contributed by atoms with E-state index in [1.54, 1.807) is 25.1 Å². The number of aromatic nitrogens is 3. The van der Waals surface area contributed by atoms with Gasteiger partial charge in [0.1, 0.15) is 11.6 Å². The second kappa shape index (κ2) is 6.05. The number of rotatable bonds is 5. The zero-order valence-corrected chi connectivity index (χ0v) is 12.7. The highest BCUT2D eigenvalue weighted by molar-refractivity contribution is 7.98. The van der Waals surface area contributed by atoms with E-state index in [1.807, 2.05) is 31.4 Å². The third-order valence-electron chi connectivity index (χ3n) is 3.18. The number of thioether (sulfide) groups is 1. The van der Waals surface area contributed by atoms with Crippen molar-refractivity contribution in [3.05, 3.63) is 42.2 Å². The number of ether oxygens (including phenoxy) is 1. The van der Waals surface area contributed by atoms with Crippen molar-refractivity contribution < 1.29 is 4.74 Å². The van der Waals surface area contributed by atoms with E-state index in [4.69, 9.17) is 4.74 Å². The van der Waals surface area contributed by atoms with E-state index in [9.17, 15) is 0 Å². The molecule has 21 heavy (non-hydrogen) atoms. The summed E-state index contributed by atoms with van der Waals surface area (Å²) in [5.41, 5.74) is 2.07. The van der Waals surface area contributed by atoms with Gasteiger partial charge < -0.3 is 15.0 Å². The van der Waals surface area contributed by atoms with Crippen molar-refractivity contribution in [1.29, 1.82) is 0 Å².